The van der Waals surface area contributed by atoms with Crippen LogP contribution in [0.2, 0.25) is 0 Å². The summed E-state index contributed by atoms with van der Waals surface area (Å²) in [5.74, 6) is 0.299. The molecule has 1 aliphatic heterocycles. The van der Waals surface area contributed by atoms with Gasteiger partial charge in [0, 0.05) is 13.2 Å². The van der Waals surface area contributed by atoms with E-state index in [4.69, 9.17) is 4.74 Å². The Labute approximate surface area is 99.2 Å². The summed E-state index contributed by atoms with van der Waals surface area (Å²) in [7, 11) is 0. The van der Waals surface area contributed by atoms with E-state index in [-0.39, 0.29) is 5.82 Å². The summed E-state index contributed by atoms with van der Waals surface area (Å²) >= 11 is 0. The smallest absolute Gasteiger partial charge is 0.381 e. The van der Waals surface area contributed by atoms with Crippen molar-refractivity contribution in [2.45, 2.75) is 12.8 Å². The van der Waals surface area contributed by atoms with Crippen LogP contribution in [0.4, 0.5) is 11.5 Å². The lowest BCUT2D eigenvalue weighted by molar-refractivity contribution is -0.388. The second-order valence-corrected chi connectivity index (χ2v) is 4.10. The maximum Gasteiger partial charge on any atom is 0.386 e. The predicted octanol–water partition coefficient (Wildman–Crippen LogP) is 1.83. The minimum absolute atomic E-state index is 0.121. The summed E-state index contributed by atoms with van der Waals surface area (Å²) in [6.07, 6.45) is 3.58. The van der Waals surface area contributed by atoms with Gasteiger partial charge in [-0.15, -0.1) is 0 Å². The maximum atomic E-state index is 10.8. The van der Waals surface area contributed by atoms with E-state index in [0.717, 1.165) is 26.1 Å². The zero-order chi connectivity index (χ0) is 12.1. The lowest BCUT2D eigenvalue weighted by Gasteiger charge is -2.22. The van der Waals surface area contributed by atoms with Gasteiger partial charge in [0.2, 0.25) is 0 Å². The summed E-state index contributed by atoms with van der Waals surface area (Å²) in [6.45, 7) is 2.23. The van der Waals surface area contributed by atoms with Gasteiger partial charge in [-0.05, 0) is 40.8 Å². The number of ether oxygens (including phenoxy) is 1. The van der Waals surface area contributed by atoms with E-state index in [2.05, 4.69) is 10.3 Å². The fourth-order valence-corrected chi connectivity index (χ4v) is 1.90. The van der Waals surface area contributed by atoms with Crippen molar-refractivity contribution < 1.29 is 9.66 Å². The molecule has 1 fully saturated rings. The number of nitro groups is 1. The minimum Gasteiger partial charge on any atom is -0.381 e. The molecule has 1 saturated heterocycles. The van der Waals surface area contributed by atoms with Crippen molar-refractivity contribution in [1.29, 1.82) is 0 Å². The van der Waals surface area contributed by atoms with Crippen LogP contribution >= 0.6 is 0 Å². The van der Waals surface area contributed by atoms with Crippen LogP contribution in [0.25, 0.3) is 0 Å². The Morgan fingerprint density at radius 2 is 2.53 bits per heavy atom. The van der Waals surface area contributed by atoms with Gasteiger partial charge >= 0.3 is 5.82 Å². The largest absolute Gasteiger partial charge is 0.386 e. The SMILES string of the molecule is O=[N+]([O-])c1ncccc1NCC1CCCOC1. The highest BCUT2D eigenvalue weighted by Gasteiger charge is 2.17. The van der Waals surface area contributed by atoms with Crippen LogP contribution in [-0.2, 0) is 4.74 Å². The van der Waals surface area contributed by atoms with E-state index in [9.17, 15) is 10.1 Å². The normalized spacial score (nSPS) is 19.9. The summed E-state index contributed by atoms with van der Waals surface area (Å²) in [4.78, 5) is 14.0. The first kappa shape index (κ1) is 11.8. The molecule has 0 spiro atoms. The van der Waals surface area contributed by atoms with Gasteiger partial charge in [0.05, 0.1) is 6.61 Å². The highest BCUT2D eigenvalue weighted by Crippen LogP contribution is 2.21. The van der Waals surface area contributed by atoms with Gasteiger partial charge < -0.3 is 20.2 Å². The first-order chi connectivity index (χ1) is 8.27. The van der Waals surface area contributed by atoms with Crippen molar-refractivity contribution in [2.75, 3.05) is 25.1 Å². The number of hydrogen-bond acceptors (Lipinski definition) is 5. The van der Waals surface area contributed by atoms with Crippen LogP contribution in [0.5, 0.6) is 0 Å². The average Bonchev–Trinajstić information content (AvgIpc) is 2.38. The van der Waals surface area contributed by atoms with Crippen LogP contribution in [0, 0.1) is 16.0 Å². The fourth-order valence-electron chi connectivity index (χ4n) is 1.90. The highest BCUT2D eigenvalue weighted by molar-refractivity contribution is 5.56. The molecule has 1 N–H and O–H groups in total. The topological polar surface area (TPSA) is 77.3 Å². The molecular formula is C11H15N3O3. The molecule has 2 rings (SSSR count). The van der Waals surface area contributed by atoms with E-state index in [1.807, 2.05) is 0 Å². The van der Waals surface area contributed by atoms with Crippen molar-refractivity contribution in [3.8, 4) is 0 Å². The molecule has 0 saturated carbocycles. The predicted molar refractivity (Wildman–Crippen MR) is 62.9 cm³/mol. The van der Waals surface area contributed by atoms with Crippen LogP contribution in [-0.4, -0.2) is 29.7 Å². The third kappa shape index (κ3) is 3.13. The first-order valence-electron chi connectivity index (χ1n) is 5.68. The van der Waals surface area contributed by atoms with E-state index < -0.39 is 4.92 Å². The van der Waals surface area contributed by atoms with E-state index in [1.54, 1.807) is 12.1 Å². The molecule has 1 aliphatic rings. The summed E-state index contributed by atoms with van der Waals surface area (Å²) < 4.78 is 5.36. The zero-order valence-electron chi connectivity index (χ0n) is 9.46. The summed E-state index contributed by atoms with van der Waals surface area (Å²) in [6, 6.07) is 3.36. The molecule has 1 atom stereocenters. The van der Waals surface area contributed by atoms with Gasteiger partial charge in [-0.3, -0.25) is 0 Å². The van der Waals surface area contributed by atoms with Crippen molar-refractivity contribution in [1.82, 2.24) is 4.98 Å². The Morgan fingerprint density at radius 1 is 1.65 bits per heavy atom. The number of rotatable bonds is 4. The molecule has 92 valence electrons. The molecule has 1 aromatic heterocycles. The molecule has 2 heterocycles. The highest BCUT2D eigenvalue weighted by atomic mass is 16.6. The molecule has 17 heavy (non-hydrogen) atoms. The number of aromatic nitrogens is 1. The Kier molecular flexibility index (Phi) is 3.87. The van der Waals surface area contributed by atoms with Crippen LogP contribution in [0.1, 0.15) is 12.8 Å². The molecule has 0 aliphatic carbocycles. The van der Waals surface area contributed by atoms with Crippen LogP contribution < -0.4 is 5.32 Å². The second-order valence-electron chi connectivity index (χ2n) is 4.10. The van der Waals surface area contributed by atoms with Gasteiger partial charge in [0.15, 0.2) is 0 Å². The average molecular weight is 237 g/mol. The zero-order valence-corrected chi connectivity index (χ0v) is 9.46. The molecule has 0 radical (unpaired) electrons. The van der Waals surface area contributed by atoms with Gasteiger partial charge in [-0.25, -0.2) is 0 Å². The quantitative estimate of drug-likeness (QED) is 0.638. The second kappa shape index (κ2) is 5.58. The Bertz CT molecular complexity index is 391. The number of hydrogen-bond donors (Lipinski definition) is 1. The van der Waals surface area contributed by atoms with Crippen molar-refractivity contribution in [3.63, 3.8) is 0 Å². The molecular weight excluding hydrogens is 222 g/mol. The third-order valence-electron chi connectivity index (χ3n) is 2.80. The molecule has 0 aromatic carbocycles. The summed E-state index contributed by atoms with van der Waals surface area (Å²) in [5, 5.41) is 13.8. The number of pyridine rings is 1. The minimum atomic E-state index is -0.473. The molecule has 6 heteroatoms. The van der Waals surface area contributed by atoms with E-state index >= 15 is 0 Å². The number of nitrogens with zero attached hydrogens (tertiary/aromatic N) is 2. The fraction of sp³-hybridized carbons (Fsp3) is 0.545. The number of nitrogens with one attached hydrogen (secondary N) is 1. The monoisotopic (exact) mass is 237 g/mol. The maximum absolute atomic E-state index is 10.8. The Hall–Kier alpha value is -1.69. The Balaban J connectivity index is 1.96. The lowest BCUT2D eigenvalue weighted by Crippen LogP contribution is -2.24. The van der Waals surface area contributed by atoms with Gasteiger partial charge in [0.1, 0.15) is 11.9 Å². The van der Waals surface area contributed by atoms with E-state index in [1.165, 1.54) is 6.20 Å². The van der Waals surface area contributed by atoms with Crippen molar-refractivity contribution in [3.05, 3.63) is 28.4 Å². The number of anilines is 1. The van der Waals surface area contributed by atoms with Gasteiger partial charge in [-0.2, -0.15) is 0 Å². The standard InChI is InChI=1S/C11H15N3O3/c15-14(16)11-10(4-1-5-12-11)13-7-9-3-2-6-17-8-9/h1,4-5,9,13H,2-3,6-8H2. The first-order valence-corrected chi connectivity index (χ1v) is 5.68. The molecule has 1 aromatic rings. The van der Waals surface area contributed by atoms with Gasteiger partial charge in [0.25, 0.3) is 0 Å². The third-order valence-corrected chi connectivity index (χ3v) is 2.80. The van der Waals surface area contributed by atoms with E-state index in [0.29, 0.717) is 18.2 Å². The van der Waals surface area contributed by atoms with Crippen LogP contribution in [0.15, 0.2) is 18.3 Å². The summed E-state index contributed by atoms with van der Waals surface area (Å²) in [5.41, 5.74) is 0.475. The van der Waals surface area contributed by atoms with Crippen molar-refractivity contribution >= 4 is 11.5 Å². The molecule has 1 unspecified atom stereocenters. The molecule has 0 bridgehead atoms. The molecule has 6 nitrogen and oxygen atoms in total. The van der Waals surface area contributed by atoms with Gasteiger partial charge in [-0.1, -0.05) is 0 Å². The lowest BCUT2D eigenvalue weighted by atomic mass is 10.0. The Morgan fingerprint density at radius 3 is 3.24 bits per heavy atom. The van der Waals surface area contributed by atoms with Crippen molar-refractivity contribution in [2.24, 2.45) is 5.92 Å². The van der Waals surface area contributed by atoms with Crippen LogP contribution in [0.3, 0.4) is 0 Å². The molecule has 0 amide bonds.